The molecule has 0 aliphatic carbocycles. The van der Waals surface area contributed by atoms with Gasteiger partial charge in [0.15, 0.2) is 6.10 Å². The van der Waals surface area contributed by atoms with Gasteiger partial charge >= 0.3 is 0 Å². The largest absolute Gasteiger partial charge is 0.481 e. The number of piperidine rings is 1. The van der Waals surface area contributed by atoms with Gasteiger partial charge in [-0.2, -0.15) is 0 Å². The zero-order chi connectivity index (χ0) is 20.3. The van der Waals surface area contributed by atoms with E-state index in [1.54, 1.807) is 0 Å². The van der Waals surface area contributed by atoms with E-state index in [0.717, 1.165) is 38.2 Å². The first-order valence-corrected chi connectivity index (χ1v) is 10.4. The maximum atomic E-state index is 13.0. The molecule has 1 aromatic carbocycles. The summed E-state index contributed by atoms with van der Waals surface area (Å²) in [4.78, 5) is 28.9. The van der Waals surface area contributed by atoms with Crippen LogP contribution >= 0.6 is 0 Å². The van der Waals surface area contributed by atoms with E-state index >= 15 is 0 Å². The molecular formula is C22H33N3O3. The van der Waals surface area contributed by atoms with Gasteiger partial charge in [-0.3, -0.25) is 9.59 Å². The molecule has 6 heteroatoms. The van der Waals surface area contributed by atoms with Crippen LogP contribution in [0.1, 0.15) is 50.7 Å². The van der Waals surface area contributed by atoms with E-state index in [2.05, 4.69) is 32.2 Å². The number of piperazine rings is 1. The second-order valence-electron chi connectivity index (χ2n) is 8.28. The van der Waals surface area contributed by atoms with Crippen LogP contribution in [-0.2, 0) is 9.59 Å². The van der Waals surface area contributed by atoms with Gasteiger partial charge in [0.2, 0.25) is 5.91 Å². The van der Waals surface area contributed by atoms with Crippen molar-refractivity contribution < 1.29 is 14.3 Å². The summed E-state index contributed by atoms with van der Waals surface area (Å²) >= 11 is 0. The number of aryl methyl sites for hydroxylation is 1. The molecule has 1 N–H and O–H groups in total. The third-order valence-corrected chi connectivity index (χ3v) is 5.80. The third-order valence-electron chi connectivity index (χ3n) is 5.80. The van der Waals surface area contributed by atoms with Gasteiger partial charge in [0.1, 0.15) is 5.75 Å². The minimum Gasteiger partial charge on any atom is -0.481 e. The average molecular weight is 388 g/mol. The lowest BCUT2D eigenvalue weighted by Gasteiger charge is -2.41. The normalized spacial score (nSPS) is 21.8. The molecule has 154 valence electrons. The summed E-state index contributed by atoms with van der Waals surface area (Å²) in [6.07, 6.45) is 1.34. The molecule has 2 atom stereocenters. The number of rotatable bonds is 5. The summed E-state index contributed by atoms with van der Waals surface area (Å²) in [7, 11) is 0. The molecule has 0 radical (unpaired) electrons. The summed E-state index contributed by atoms with van der Waals surface area (Å²) < 4.78 is 5.97. The van der Waals surface area contributed by atoms with Crippen molar-refractivity contribution in [3.8, 4) is 5.75 Å². The molecule has 1 aromatic rings. The van der Waals surface area contributed by atoms with Crippen molar-refractivity contribution in [2.75, 3.05) is 32.7 Å². The highest BCUT2D eigenvalue weighted by Gasteiger charge is 2.33. The first kappa shape index (κ1) is 20.6. The van der Waals surface area contributed by atoms with Crippen LogP contribution in [0.25, 0.3) is 0 Å². The zero-order valence-electron chi connectivity index (χ0n) is 17.5. The van der Waals surface area contributed by atoms with Gasteiger partial charge in [-0.25, -0.2) is 0 Å². The summed E-state index contributed by atoms with van der Waals surface area (Å²) in [5.74, 6) is 1.33. The van der Waals surface area contributed by atoms with Crippen molar-refractivity contribution in [2.24, 2.45) is 0 Å². The van der Waals surface area contributed by atoms with E-state index in [9.17, 15) is 9.59 Å². The number of carbonyl (C=O) groups excluding carboxylic acids is 2. The second kappa shape index (κ2) is 8.95. The van der Waals surface area contributed by atoms with E-state index < -0.39 is 6.10 Å². The highest BCUT2D eigenvalue weighted by molar-refractivity contribution is 5.82. The Balaban J connectivity index is 1.61. The fraction of sp³-hybridized carbons (Fsp3) is 0.636. The number of carbonyl (C=O) groups is 2. The Morgan fingerprint density at radius 2 is 2.04 bits per heavy atom. The summed E-state index contributed by atoms with van der Waals surface area (Å²) in [6.45, 7) is 11.5. The molecule has 2 unspecified atom stereocenters. The monoisotopic (exact) mass is 387 g/mol. The topological polar surface area (TPSA) is 61.9 Å². The van der Waals surface area contributed by atoms with Crippen LogP contribution in [0.15, 0.2) is 18.2 Å². The SMILES string of the molecule is Cc1cc(OC(C)C(=O)N2CCCC(N3CCNCC3=O)C2)ccc1C(C)C. The van der Waals surface area contributed by atoms with Gasteiger partial charge in [0, 0.05) is 32.2 Å². The third kappa shape index (κ3) is 4.66. The first-order chi connectivity index (χ1) is 13.4. The van der Waals surface area contributed by atoms with Gasteiger partial charge in [0.25, 0.3) is 5.91 Å². The van der Waals surface area contributed by atoms with Crippen LogP contribution in [0.2, 0.25) is 0 Å². The fourth-order valence-corrected chi connectivity index (χ4v) is 4.30. The van der Waals surface area contributed by atoms with Crippen LogP contribution in [-0.4, -0.2) is 66.5 Å². The number of nitrogens with zero attached hydrogens (tertiary/aromatic N) is 2. The number of hydrogen-bond acceptors (Lipinski definition) is 4. The zero-order valence-corrected chi connectivity index (χ0v) is 17.5. The smallest absolute Gasteiger partial charge is 0.263 e. The lowest BCUT2D eigenvalue weighted by Crippen LogP contribution is -2.58. The van der Waals surface area contributed by atoms with E-state index in [-0.39, 0.29) is 17.9 Å². The molecule has 2 saturated heterocycles. The van der Waals surface area contributed by atoms with Crippen molar-refractivity contribution in [2.45, 2.75) is 58.6 Å². The molecule has 0 aromatic heterocycles. The Bertz CT molecular complexity index is 719. The summed E-state index contributed by atoms with van der Waals surface area (Å²) in [5, 5.41) is 3.11. The summed E-state index contributed by atoms with van der Waals surface area (Å²) in [6, 6.07) is 6.16. The van der Waals surface area contributed by atoms with Crippen molar-refractivity contribution in [3.63, 3.8) is 0 Å². The Kier molecular flexibility index (Phi) is 6.60. The molecule has 2 aliphatic rings. The molecule has 6 nitrogen and oxygen atoms in total. The van der Waals surface area contributed by atoms with E-state index in [1.807, 2.05) is 28.9 Å². The Morgan fingerprint density at radius 1 is 1.25 bits per heavy atom. The van der Waals surface area contributed by atoms with E-state index in [1.165, 1.54) is 11.1 Å². The Morgan fingerprint density at radius 3 is 2.71 bits per heavy atom. The van der Waals surface area contributed by atoms with E-state index in [0.29, 0.717) is 19.0 Å². The van der Waals surface area contributed by atoms with Crippen LogP contribution in [0.5, 0.6) is 5.75 Å². The molecule has 3 rings (SSSR count). The average Bonchev–Trinajstić information content (AvgIpc) is 2.67. The van der Waals surface area contributed by atoms with Crippen LogP contribution < -0.4 is 10.1 Å². The Hall–Kier alpha value is -2.08. The van der Waals surface area contributed by atoms with Crippen molar-refractivity contribution in [1.29, 1.82) is 0 Å². The lowest BCUT2D eigenvalue weighted by atomic mass is 9.98. The standard InChI is InChI=1S/C22H33N3O3/c1-15(2)20-8-7-19(12-16(20)3)28-17(4)22(27)24-10-5-6-18(14-24)25-11-9-23-13-21(25)26/h7-8,12,15,17-18,23H,5-6,9-11,13-14H2,1-4H3. The number of amides is 2. The molecule has 28 heavy (non-hydrogen) atoms. The number of likely N-dealkylation sites (tertiary alicyclic amines) is 1. The number of ether oxygens (including phenoxy) is 1. The molecule has 0 spiro atoms. The lowest BCUT2D eigenvalue weighted by molar-refractivity contribution is -0.144. The first-order valence-electron chi connectivity index (χ1n) is 10.4. The number of benzene rings is 1. The molecule has 2 heterocycles. The van der Waals surface area contributed by atoms with E-state index in [4.69, 9.17) is 4.74 Å². The van der Waals surface area contributed by atoms with Gasteiger partial charge in [-0.15, -0.1) is 0 Å². The van der Waals surface area contributed by atoms with Gasteiger partial charge < -0.3 is 19.9 Å². The summed E-state index contributed by atoms with van der Waals surface area (Å²) in [5.41, 5.74) is 2.48. The highest BCUT2D eigenvalue weighted by Crippen LogP contribution is 2.25. The molecular weight excluding hydrogens is 354 g/mol. The van der Waals surface area contributed by atoms with Crippen molar-refractivity contribution in [1.82, 2.24) is 15.1 Å². The minimum atomic E-state index is -0.540. The van der Waals surface area contributed by atoms with Crippen LogP contribution in [0.4, 0.5) is 0 Å². The predicted octanol–water partition coefficient (Wildman–Crippen LogP) is 2.31. The molecule has 0 bridgehead atoms. The molecule has 2 amide bonds. The Labute approximate surface area is 168 Å². The van der Waals surface area contributed by atoms with Gasteiger partial charge in [-0.05, 0) is 55.9 Å². The maximum absolute atomic E-state index is 13.0. The van der Waals surface area contributed by atoms with Crippen molar-refractivity contribution >= 4 is 11.8 Å². The van der Waals surface area contributed by atoms with Crippen molar-refractivity contribution in [3.05, 3.63) is 29.3 Å². The molecule has 2 fully saturated rings. The number of hydrogen-bond donors (Lipinski definition) is 1. The minimum absolute atomic E-state index is 0.00197. The van der Waals surface area contributed by atoms with Gasteiger partial charge in [0.05, 0.1) is 6.54 Å². The number of nitrogens with one attached hydrogen (secondary N) is 1. The fourth-order valence-electron chi connectivity index (χ4n) is 4.30. The predicted molar refractivity (Wildman–Crippen MR) is 110 cm³/mol. The quantitative estimate of drug-likeness (QED) is 0.842. The van der Waals surface area contributed by atoms with Crippen LogP contribution in [0.3, 0.4) is 0 Å². The van der Waals surface area contributed by atoms with Crippen LogP contribution in [0, 0.1) is 6.92 Å². The maximum Gasteiger partial charge on any atom is 0.263 e. The van der Waals surface area contributed by atoms with Gasteiger partial charge in [-0.1, -0.05) is 19.9 Å². The second-order valence-corrected chi connectivity index (χ2v) is 8.28. The molecule has 2 aliphatic heterocycles. The molecule has 0 saturated carbocycles. The highest BCUT2D eigenvalue weighted by atomic mass is 16.5.